The lowest BCUT2D eigenvalue weighted by Gasteiger charge is -2.21. The molecule has 66 valence electrons. The van der Waals surface area contributed by atoms with Crippen molar-refractivity contribution in [2.24, 2.45) is 11.3 Å². The third-order valence-electron chi connectivity index (χ3n) is 2.18. The lowest BCUT2D eigenvalue weighted by atomic mass is 9.84. The van der Waals surface area contributed by atoms with Crippen molar-refractivity contribution in [3.05, 3.63) is 0 Å². The molecule has 1 nitrogen and oxygen atoms in total. The molecule has 1 heteroatoms. The van der Waals surface area contributed by atoms with Gasteiger partial charge in [0.25, 0.3) is 0 Å². The Bertz CT molecular complexity index is 123. The molecule has 0 saturated carbocycles. The minimum atomic E-state index is 0.470. The fourth-order valence-electron chi connectivity index (χ4n) is 1.91. The lowest BCUT2D eigenvalue weighted by molar-refractivity contribution is 0.116. The standard InChI is InChI=1S/C10H20O/c1-8-5-9(7-11-8)6-10(2,3)4/h8-9H,5-7H2,1-4H3/t8-,9+/m0/s1. The summed E-state index contributed by atoms with van der Waals surface area (Å²) in [6.45, 7) is 10.1. The zero-order valence-electron chi connectivity index (χ0n) is 8.18. The molecule has 0 amide bonds. The zero-order chi connectivity index (χ0) is 8.48. The quantitative estimate of drug-likeness (QED) is 0.567. The third-order valence-corrected chi connectivity index (χ3v) is 2.18. The summed E-state index contributed by atoms with van der Waals surface area (Å²) in [6.07, 6.45) is 3.07. The summed E-state index contributed by atoms with van der Waals surface area (Å²) in [5, 5.41) is 0. The molecule has 0 aromatic rings. The molecule has 2 atom stereocenters. The Morgan fingerprint density at radius 2 is 2.00 bits per heavy atom. The molecular formula is C10H20O. The van der Waals surface area contributed by atoms with Crippen molar-refractivity contribution in [2.75, 3.05) is 6.61 Å². The third kappa shape index (κ3) is 3.24. The summed E-state index contributed by atoms with van der Waals surface area (Å²) in [5.74, 6) is 0.810. The van der Waals surface area contributed by atoms with Gasteiger partial charge in [0.2, 0.25) is 0 Å². The summed E-state index contributed by atoms with van der Waals surface area (Å²) >= 11 is 0. The smallest absolute Gasteiger partial charge is 0.0550 e. The molecule has 11 heavy (non-hydrogen) atoms. The van der Waals surface area contributed by atoms with Crippen LogP contribution in [0.3, 0.4) is 0 Å². The van der Waals surface area contributed by atoms with Crippen molar-refractivity contribution in [2.45, 2.75) is 46.6 Å². The van der Waals surface area contributed by atoms with Gasteiger partial charge in [-0.2, -0.15) is 0 Å². The molecule has 1 aliphatic rings. The summed E-state index contributed by atoms with van der Waals surface area (Å²) in [5.41, 5.74) is 0.470. The molecule has 1 fully saturated rings. The second kappa shape index (κ2) is 3.14. The largest absolute Gasteiger partial charge is 0.378 e. The molecule has 1 aliphatic heterocycles. The van der Waals surface area contributed by atoms with Crippen molar-refractivity contribution in [3.8, 4) is 0 Å². The van der Waals surface area contributed by atoms with Crippen LogP contribution in [-0.2, 0) is 4.74 Å². The maximum absolute atomic E-state index is 5.51. The second-order valence-corrected chi connectivity index (χ2v) is 5.01. The van der Waals surface area contributed by atoms with Gasteiger partial charge in [0, 0.05) is 6.61 Å². The van der Waals surface area contributed by atoms with Crippen LogP contribution in [0.25, 0.3) is 0 Å². The monoisotopic (exact) mass is 156 g/mol. The van der Waals surface area contributed by atoms with E-state index in [0.29, 0.717) is 11.5 Å². The summed E-state index contributed by atoms with van der Waals surface area (Å²) in [4.78, 5) is 0. The van der Waals surface area contributed by atoms with Gasteiger partial charge in [0.05, 0.1) is 6.10 Å². The van der Waals surface area contributed by atoms with E-state index in [4.69, 9.17) is 4.74 Å². The van der Waals surface area contributed by atoms with Crippen molar-refractivity contribution in [3.63, 3.8) is 0 Å². The van der Waals surface area contributed by atoms with Crippen molar-refractivity contribution < 1.29 is 4.74 Å². The molecule has 1 rings (SSSR count). The van der Waals surface area contributed by atoms with Crippen LogP contribution in [0.1, 0.15) is 40.5 Å². The molecule has 1 saturated heterocycles. The van der Waals surface area contributed by atoms with Crippen LogP contribution in [-0.4, -0.2) is 12.7 Å². The van der Waals surface area contributed by atoms with Crippen LogP contribution < -0.4 is 0 Å². The highest BCUT2D eigenvalue weighted by atomic mass is 16.5. The van der Waals surface area contributed by atoms with E-state index in [9.17, 15) is 0 Å². The zero-order valence-corrected chi connectivity index (χ0v) is 8.18. The first kappa shape index (κ1) is 9.05. The van der Waals surface area contributed by atoms with E-state index >= 15 is 0 Å². The van der Waals surface area contributed by atoms with E-state index in [1.807, 2.05) is 0 Å². The molecule has 0 aromatic carbocycles. The first-order chi connectivity index (χ1) is 4.97. The van der Waals surface area contributed by atoms with Crippen molar-refractivity contribution >= 4 is 0 Å². The molecule has 0 bridgehead atoms. The predicted molar refractivity (Wildman–Crippen MR) is 47.6 cm³/mol. The molecule has 0 unspecified atom stereocenters. The van der Waals surface area contributed by atoms with Crippen LogP contribution in [0.2, 0.25) is 0 Å². The van der Waals surface area contributed by atoms with Gasteiger partial charge in [0.1, 0.15) is 0 Å². The molecule has 0 N–H and O–H groups in total. The topological polar surface area (TPSA) is 9.23 Å². The van der Waals surface area contributed by atoms with E-state index in [-0.39, 0.29) is 0 Å². The Morgan fingerprint density at radius 3 is 2.36 bits per heavy atom. The highest BCUT2D eigenvalue weighted by molar-refractivity contribution is 4.75. The minimum Gasteiger partial charge on any atom is -0.378 e. The number of hydrogen-bond acceptors (Lipinski definition) is 1. The summed E-state index contributed by atoms with van der Waals surface area (Å²) < 4.78 is 5.51. The maximum Gasteiger partial charge on any atom is 0.0550 e. The van der Waals surface area contributed by atoms with Crippen LogP contribution >= 0.6 is 0 Å². The van der Waals surface area contributed by atoms with Crippen LogP contribution in [0, 0.1) is 11.3 Å². The van der Waals surface area contributed by atoms with Crippen LogP contribution in [0.5, 0.6) is 0 Å². The van der Waals surface area contributed by atoms with Gasteiger partial charge in [-0.1, -0.05) is 20.8 Å². The minimum absolute atomic E-state index is 0.470. The van der Waals surface area contributed by atoms with Gasteiger partial charge < -0.3 is 4.74 Å². The van der Waals surface area contributed by atoms with Crippen LogP contribution in [0.15, 0.2) is 0 Å². The van der Waals surface area contributed by atoms with Gasteiger partial charge >= 0.3 is 0 Å². The Hall–Kier alpha value is -0.0400. The molecule has 0 spiro atoms. The highest BCUT2D eigenvalue weighted by Crippen LogP contribution is 2.31. The van der Waals surface area contributed by atoms with E-state index < -0.39 is 0 Å². The first-order valence-corrected chi connectivity index (χ1v) is 4.59. The van der Waals surface area contributed by atoms with E-state index in [2.05, 4.69) is 27.7 Å². The maximum atomic E-state index is 5.51. The van der Waals surface area contributed by atoms with Crippen molar-refractivity contribution in [1.29, 1.82) is 0 Å². The normalized spacial score (nSPS) is 32.7. The van der Waals surface area contributed by atoms with Gasteiger partial charge in [-0.05, 0) is 31.1 Å². The molecule has 0 aliphatic carbocycles. The van der Waals surface area contributed by atoms with E-state index in [0.717, 1.165) is 12.5 Å². The average Bonchev–Trinajstić information content (AvgIpc) is 2.10. The molecule has 0 radical (unpaired) electrons. The molecule has 0 aromatic heterocycles. The van der Waals surface area contributed by atoms with Crippen molar-refractivity contribution in [1.82, 2.24) is 0 Å². The second-order valence-electron chi connectivity index (χ2n) is 5.01. The van der Waals surface area contributed by atoms with Gasteiger partial charge in [-0.15, -0.1) is 0 Å². The van der Waals surface area contributed by atoms with Gasteiger partial charge in [0.15, 0.2) is 0 Å². The Kier molecular flexibility index (Phi) is 2.58. The Labute approximate surface area is 70.1 Å². The highest BCUT2D eigenvalue weighted by Gasteiger charge is 2.26. The van der Waals surface area contributed by atoms with E-state index in [1.54, 1.807) is 0 Å². The number of ether oxygens (including phenoxy) is 1. The fourth-order valence-corrected chi connectivity index (χ4v) is 1.91. The summed E-state index contributed by atoms with van der Waals surface area (Å²) in [7, 11) is 0. The Balaban J connectivity index is 2.29. The molecular weight excluding hydrogens is 136 g/mol. The number of hydrogen-bond donors (Lipinski definition) is 0. The summed E-state index contributed by atoms with van der Waals surface area (Å²) in [6, 6.07) is 0. The Morgan fingerprint density at radius 1 is 1.36 bits per heavy atom. The van der Waals surface area contributed by atoms with E-state index in [1.165, 1.54) is 12.8 Å². The average molecular weight is 156 g/mol. The first-order valence-electron chi connectivity index (χ1n) is 4.59. The molecule has 1 heterocycles. The lowest BCUT2D eigenvalue weighted by Crippen LogP contribution is -2.13. The van der Waals surface area contributed by atoms with Gasteiger partial charge in [-0.25, -0.2) is 0 Å². The fraction of sp³-hybridized carbons (Fsp3) is 1.00. The van der Waals surface area contributed by atoms with Crippen LogP contribution in [0.4, 0.5) is 0 Å². The predicted octanol–water partition coefficient (Wildman–Crippen LogP) is 2.85. The number of rotatable bonds is 1. The van der Waals surface area contributed by atoms with Gasteiger partial charge in [-0.3, -0.25) is 0 Å². The SMILES string of the molecule is C[C@H]1C[C@H](CC(C)(C)C)CO1.